The molecule has 6 heteroatoms. The van der Waals surface area contributed by atoms with Gasteiger partial charge in [-0.3, -0.25) is 5.84 Å². The Bertz CT molecular complexity index is 501. The predicted molar refractivity (Wildman–Crippen MR) is 73.0 cm³/mol. The number of aromatic nitrogens is 2. The summed E-state index contributed by atoms with van der Waals surface area (Å²) < 4.78 is 6.13. The predicted octanol–water partition coefficient (Wildman–Crippen LogP) is 1.93. The molecule has 1 unspecified atom stereocenters. The van der Waals surface area contributed by atoms with E-state index in [-0.39, 0.29) is 6.04 Å². The van der Waals surface area contributed by atoms with Crippen molar-refractivity contribution in [3.05, 3.63) is 46.5 Å². The Kier molecular flexibility index (Phi) is 4.35. The maximum atomic E-state index is 5.56. The van der Waals surface area contributed by atoms with Crippen LogP contribution in [0.1, 0.15) is 17.4 Å². The molecule has 0 spiro atoms. The molecular formula is C12H15BrN4O. The number of rotatable bonds is 5. The number of nitrogens with zero attached hydrogens (tertiary/aromatic N) is 1. The van der Waals surface area contributed by atoms with Crippen molar-refractivity contribution in [2.75, 3.05) is 7.11 Å². The quantitative estimate of drug-likeness (QED) is 0.582. The van der Waals surface area contributed by atoms with Gasteiger partial charge in [0.15, 0.2) is 0 Å². The average Bonchev–Trinajstić information content (AvgIpc) is 2.90. The third-order valence-corrected chi connectivity index (χ3v) is 3.33. The molecular weight excluding hydrogens is 296 g/mol. The average molecular weight is 311 g/mol. The zero-order valence-corrected chi connectivity index (χ0v) is 11.6. The molecule has 1 heterocycles. The first kappa shape index (κ1) is 13.1. The fourth-order valence-corrected chi connectivity index (χ4v) is 2.36. The van der Waals surface area contributed by atoms with Crippen LogP contribution < -0.4 is 16.0 Å². The molecule has 0 amide bonds. The molecule has 0 fully saturated rings. The third-order valence-electron chi connectivity index (χ3n) is 2.71. The first-order valence-electron chi connectivity index (χ1n) is 5.52. The lowest BCUT2D eigenvalue weighted by molar-refractivity contribution is 0.412. The number of imidazole rings is 1. The van der Waals surface area contributed by atoms with Crippen molar-refractivity contribution >= 4 is 15.9 Å². The molecule has 0 saturated carbocycles. The van der Waals surface area contributed by atoms with Gasteiger partial charge in [-0.05, 0) is 40.0 Å². The van der Waals surface area contributed by atoms with Crippen molar-refractivity contribution in [3.63, 3.8) is 0 Å². The maximum Gasteiger partial charge on any atom is 0.133 e. The zero-order chi connectivity index (χ0) is 13.0. The lowest BCUT2D eigenvalue weighted by Crippen LogP contribution is -2.30. The Labute approximate surface area is 114 Å². The lowest BCUT2D eigenvalue weighted by Gasteiger charge is -2.14. The van der Waals surface area contributed by atoms with E-state index in [0.29, 0.717) is 0 Å². The van der Waals surface area contributed by atoms with Crippen LogP contribution in [0.5, 0.6) is 5.75 Å². The third kappa shape index (κ3) is 2.90. The van der Waals surface area contributed by atoms with Gasteiger partial charge in [-0.15, -0.1) is 0 Å². The molecule has 0 aliphatic rings. The Morgan fingerprint density at radius 1 is 1.56 bits per heavy atom. The van der Waals surface area contributed by atoms with Crippen molar-refractivity contribution in [3.8, 4) is 5.75 Å². The van der Waals surface area contributed by atoms with E-state index in [1.807, 2.05) is 18.2 Å². The molecule has 18 heavy (non-hydrogen) atoms. The largest absolute Gasteiger partial charge is 0.496 e. The van der Waals surface area contributed by atoms with Crippen LogP contribution in [0.2, 0.25) is 0 Å². The molecule has 0 radical (unpaired) electrons. The molecule has 96 valence electrons. The minimum Gasteiger partial charge on any atom is -0.496 e. The molecule has 0 aliphatic carbocycles. The topological polar surface area (TPSA) is 76.0 Å². The number of hydrogen-bond acceptors (Lipinski definition) is 4. The summed E-state index contributed by atoms with van der Waals surface area (Å²) in [6.45, 7) is 0. The van der Waals surface area contributed by atoms with E-state index in [0.717, 1.165) is 28.0 Å². The number of nitrogens with two attached hydrogens (primary N) is 1. The van der Waals surface area contributed by atoms with E-state index < -0.39 is 0 Å². The summed E-state index contributed by atoms with van der Waals surface area (Å²) in [6, 6.07) is 5.92. The molecule has 1 aromatic carbocycles. The summed E-state index contributed by atoms with van der Waals surface area (Å²) in [5.41, 5.74) is 3.90. The van der Waals surface area contributed by atoms with Crippen LogP contribution in [0, 0.1) is 0 Å². The number of methoxy groups -OCH3 is 1. The minimum atomic E-state index is -0.0414. The SMILES string of the molecule is COc1ccc(CC(NN)c2ncc[nH]2)cc1Br. The van der Waals surface area contributed by atoms with Crippen LogP contribution in [0.3, 0.4) is 0 Å². The van der Waals surface area contributed by atoms with Crippen molar-refractivity contribution in [2.24, 2.45) is 5.84 Å². The van der Waals surface area contributed by atoms with Crippen LogP contribution in [-0.2, 0) is 6.42 Å². The number of H-pyrrole nitrogens is 1. The van der Waals surface area contributed by atoms with Gasteiger partial charge in [0, 0.05) is 12.4 Å². The summed E-state index contributed by atoms with van der Waals surface area (Å²) in [6.07, 6.45) is 4.24. The van der Waals surface area contributed by atoms with E-state index in [1.165, 1.54) is 0 Å². The summed E-state index contributed by atoms with van der Waals surface area (Å²) in [7, 11) is 1.65. The van der Waals surface area contributed by atoms with Crippen LogP contribution in [0.15, 0.2) is 35.1 Å². The van der Waals surface area contributed by atoms with Gasteiger partial charge in [-0.1, -0.05) is 6.07 Å². The fourth-order valence-electron chi connectivity index (χ4n) is 1.78. The first-order valence-corrected chi connectivity index (χ1v) is 6.31. The number of nitrogens with one attached hydrogen (secondary N) is 2. The number of benzene rings is 1. The number of aromatic amines is 1. The van der Waals surface area contributed by atoms with Crippen molar-refractivity contribution in [1.29, 1.82) is 0 Å². The summed E-state index contributed by atoms with van der Waals surface area (Å²) in [4.78, 5) is 7.26. The van der Waals surface area contributed by atoms with Gasteiger partial charge < -0.3 is 9.72 Å². The second-order valence-corrected chi connectivity index (χ2v) is 4.72. The highest BCUT2D eigenvalue weighted by molar-refractivity contribution is 9.10. The molecule has 0 aliphatic heterocycles. The van der Waals surface area contributed by atoms with Crippen molar-refractivity contribution in [2.45, 2.75) is 12.5 Å². The lowest BCUT2D eigenvalue weighted by atomic mass is 10.1. The molecule has 4 N–H and O–H groups in total. The molecule has 0 saturated heterocycles. The first-order chi connectivity index (χ1) is 8.74. The van der Waals surface area contributed by atoms with Crippen molar-refractivity contribution < 1.29 is 4.74 Å². The fraction of sp³-hybridized carbons (Fsp3) is 0.250. The van der Waals surface area contributed by atoms with E-state index in [1.54, 1.807) is 19.5 Å². The van der Waals surface area contributed by atoms with Gasteiger partial charge in [-0.2, -0.15) is 0 Å². The van der Waals surface area contributed by atoms with E-state index in [4.69, 9.17) is 10.6 Å². The normalized spacial score (nSPS) is 12.4. The van der Waals surface area contributed by atoms with Crippen LogP contribution in [0.25, 0.3) is 0 Å². The molecule has 5 nitrogen and oxygen atoms in total. The monoisotopic (exact) mass is 310 g/mol. The summed E-state index contributed by atoms with van der Waals surface area (Å²) >= 11 is 3.47. The maximum absolute atomic E-state index is 5.56. The number of hydrogen-bond donors (Lipinski definition) is 3. The highest BCUT2D eigenvalue weighted by Crippen LogP contribution is 2.27. The second-order valence-electron chi connectivity index (χ2n) is 3.87. The number of ether oxygens (including phenoxy) is 1. The smallest absolute Gasteiger partial charge is 0.133 e. The summed E-state index contributed by atoms with van der Waals surface area (Å²) in [5, 5.41) is 0. The second kappa shape index (κ2) is 5.99. The molecule has 1 aromatic heterocycles. The van der Waals surface area contributed by atoms with Crippen LogP contribution >= 0.6 is 15.9 Å². The molecule has 2 rings (SSSR count). The molecule has 2 aromatic rings. The molecule has 1 atom stereocenters. The van der Waals surface area contributed by atoms with E-state index in [9.17, 15) is 0 Å². The van der Waals surface area contributed by atoms with Gasteiger partial charge in [0.1, 0.15) is 11.6 Å². The Hall–Kier alpha value is -1.37. The van der Waals surface area contributed by atoms with Gasteiger partial charge >= 0.3 is 0 Å². The Morgan fingerprint density at radius 2 is 2.39 bits per heavy atom. The minimum absolute atomic E-state index is 0.0414. The standard InChI is InChI=1S/C12H15BrN4O/c1-18-11-3-2-8(6-9(11)13)7-10(17-14)12-15-4-5-16-12/h2-6,10,17H,7,14H2,1H3,(H,15,16). The zero-order valence-electron chi connectivity index (χ0n) is 9.98. The Morgan fingerprint density at radius 3 is 2.94 bits per heavy atom. The van der Waals surface area contributed by atoms with Gasteiger partial charge in [-0.25, -0.2) is 10.4 Å². The van der Waals surface area contributed by atoms with Gasteiger partial charge in [0.05, 0.1) is 17.6 Å². The van der Waals surface area contributed by atoms with Gasteiger partial charge in [0.25, 0.3) is 0 Å². The number of hydrazine groups is 1. The van der Waals surface area contributed by atoms with E-state index in [2.05, 4.69) is 31.3 Å². The van der Waals surface area contributed by atoms with Gasteiger partial charge in [0.2, 0.25) is 0 Å². The van der Waals surface area contributed by atoms with Crippen LogP contribution in [-0.4, -0.2) is 17.1 Å². The number of halogens is 1. The summed E-state index contributed by atoms with van der Waals surface area (Å²) in [5.74, 6) is 7.20. The highest BCUT2D eigenvalue weighted by atomic mass is 79.9. The molecule has 0 bridgehead atoms. The van der Waals surface area contributed by atoms with E-state index >= 15 is 0 Å². The Balaban J connectivity index is 2.15. The van der Waals surface area contributed by atoms with Crippen LogP contribution in [0.4, 0.5) is 0 Å². The highest BCUT2D eigenvalue weighted by Gasteiger charge is 2.13. The van der Waals surface area contributed by atoms with Crippen molar-refractivity contribution in [1.82, 2.24) is 15.4 Å².